The number of anilines is 1. The van der Waals surface area contributed by atoms with Gasteiger partial charge in [0.2, 0.25) is 5.91 Å². The average molecular weight is 580 g/mol. The number of nitrogens with one attached hydrogen (secondary N) is 2. The van der Waals surface area contributed by atoms with Crippen LogP contribution in [0.5, 0.6) is 0 Å². The fraction of sp³-hybridized carbons (Fsp3) is 0.257. The minimum atomic E-state index is -0.197. The van der Waals surface area contributed by atoms with Crippen molar-refractivity contribution in [3.8, 4) is 11.1 Å². The maximum atomic E-state index is 13.0. The Hall–Kier alpha value is -4.13. The second-order valence-corrected chi connectivity index (χ2v) is 11.5. The van der Waals surface area contributed by atoms with Crippen LogP contribution in [0.1, 0.15) is 48.2 Å². The fourth-order valence-corrected chi connectivity index (χ4v) is 6.22. The molecule has 0 atom stereocenters. The molecule has 1 aromatic heterocycles. The molecule has 7 heteroatoms. The van der Waals surface area contributed by atoms with Gasteiger partial charge in [-0.15, -0.1) is 0 Å². The van der Waals surface area contributed by atoms with E-state index < -0.39 is 0 Å². The highest BCUT2D eigenvalue weighted by Crippen LogP contribution is 2.37. The van der Waals surface area contributed by atoms with Crippen molar-refractivity contribution in [2.45, 2.75) is 32.1 Å². The molecule has 1 aliphatic heterocycles. The molecule has 2 amide bonds. The molecule has 1 fully saturated rings. The molecule has 0 spiro atoms. The minimum Gasteiger partial charge on any atom is -0.450 e. The first-order valence-corrected chi connectivity index (χ1v) is 14.9. The second kappa shape index (κ2) is 12.4. The molecule has 0 radical (unpaired) electrons. The summed E-state index contributed by atoms with van der Waals surface area (Å²) in [4.78, 5) is 26.9. The van der Waals surface area contributed by atoms with Gasteiger partial charge in [0, 0.05) is 35.0 Å². The summed E-state index contributed by atoms with van der Waals surface area (Å²) in [6, 6.07) is 28.0. The van der Waals surface area contributed by atoms with Crippen molar-refractivity contribution in [3.63, 3.8) is 0 Å². The van der Waals surface area contributed by atoms with Gasteiger partial charge in [0.15, 0.2) is 5.76 Å². The van der Waals surface area contributed by atoms with Gasteiger partial charge in [-0.25, -0.2) is 0 Å². The third kappa shape index (κ3) is 6.20. The third-order valence-corrected chi connectivity index (χ3v) is 8.32. The molecule has 5 aromatic rings. The van der Waals surface area contributed by atoms with Crippen molar-refractivity contribution < 1.29 is 14.0 Å². The number of hydrogen-bond acceptors (Lipinski definition) is 4. The number of rotatable bonds is 8. The zero-order chi connectivity index (χ0) is 29.1. The first-order chi connectivity index (χ1) is 20.4. The number of carbonyl (C=O) groups excluding carboxylic acids is 2. The Morgan fingerprint density at radius 1 is 0.929 bits per heavy atom. The van der Waals surface area contributed by atoms with Crippen LogP contribution in [0.2, 0.25) is 5.02 Å². The lowest BCUT2D eigenvalue weighted by molar-refractivity contribution is -0.114. The molecule has 6 rings (SSSR count). The van der Waals surface area contributed by atoms with Crippen LogP contribution >= 0.6 is 11.6 Å². The summed E-state index contributed by atoms with van der Waals surface area (Å²) < 4.78 is 6.12. The summed E-state index contributed by atoms with van der Waals surface area (Å²) in [6.07, 6.45) is 3.04. The van der Waals surface area contributed by atoms with Crippen molar-refractivity contribution in [3.05, 3.63) is 101 Å². The Morgan fingerprint density at radius 3 is 2.50 bits per heavy atom. The number of benzene rings is 4. The molecule has 1 saturated heterocycles. The van der Waals surface area contributed by atoms with Gasteiger partial charge in [-0.2, -0.15) is 0 Å². The molecular weight excluding hydrogens is 546 g/mol. The third-order valence-electron chi connectivity index (χ3n) is 8.08. The van der Waals surface area contributed by atoms with Crippen LogP contribution in [0, 0.1) is 0 Å². The lowest BCUT2D eigenvalue weighted by atomic mass is 9.89. The number of halogens is 1. The monoisotopic (exact) mass is 579 g/mol. The van der Waals surface area contributed by atoms with Crippen molar-refractivity contribution >= 4 is 50.8 Å². The maximum Gasteiger partial charge on any atom is 0.287 e. The second-order valence-electron chi connectivity index (χ2n) is 11.0. The molecule has 0 aliphatic carbocycles. The Labute approximate surface area is 250 Å². The van der Waals surface area contributed by atoms with Crippen LogP contribution in [0.25, 0.3) is 32.9 Å². The van der Waals surface area contributed by atoms with Crippen molar-refractivity contribution in [2.75, 3.05) is 31.5 Å². The number of furan rings is 1. The van der Waals surface area contributed by atoms with Gasteiger partial charge < -0.3 is 20.0 Å². The van der Waals surface area contributed by atoms with Crippen LogP contribution in [0.4, 0.5) is 5.69 Å². The van der Waals surface area contributed by atoms with Crippen LogP contribution in [-0.4, -0.2) is 42.9 Å². The number of hydrogen-bond donors (Lipinski definition) is 2. The van der Waals surface area contributed by atoms with Gasteiger partial charge in [0.05, 0.1) is 0 Å². The molecule has 0 unspecified atom stereocenters. The zero-order valence-electron chi connectivity index (χ0n) is 23.7. The van der Waals surface area contributed by atoms with Crippen molar-refractivity contribution in [1.29, 1.82) is 0 Å². The van der Waals surface area contributed by atoms with Gasteiger partial charge in [-0.05, 0) is 103 Å². The lowest BCUT2D eigenvalue weighted by Crippen LogP contribution is -2.35. The van der Waals surface area contributed by atoms with E-state index in [-0.39, 0.29) is 11.8 Å². The lowest BCUT2D eigenvalue weighted by Gasteiger charge is -2.32. The number of fused-ring (bicyclic) bond motifs is 3. The van der Waals surface area contributed by atoms with E-state index in [0.29, 0.717) is 28.8 Å². The van der Waals surface area contributed by atoms with Gasteiger partial charge in [0.25, 0.3) is 5.91 Å². The fourth-order valence-electron chi connectivity index (χ4n) is 6.03. The predicted octanol–water partition coefficient (Wildman–Crippen LogP) is 7.86. The van der Waals surface area contributed by atoms with Gasteiger partial charge in [0.1, 0.15) is 5.58 Å². The Morgan fingerprint density at radius 2 is 1.71 bits per heavy atom. The molecule has 1 aliphatic rings. The first kappa shape index (κ1) is 28.0. The first-order valence-electron chi connectivity index (χ1n) is 14.5. The summed E-state index contributed by atoms with van der Waals surface area (Å²) in [5.41, 5.74) is 4.93. The zero-order valence-corrected chi connectivity index (χ0v) is 24.4. The van der Waals surface area contributed by atoms with E-state index in [1.54, 1.807) is 0 Å². The minimum absolute atomic E-state index is 0.0502. The molecular formula is C35H34ClN3O3. The average Bonchev–Trinajstić information content (AvgIpc) is 3.44. The standard InChI is InChI=1S/C35H34ClN3O3/c1-23(40)38-29-10-5-7-25(20-29)24-13-17-39(18-14-24)16-6-15-37-35(41)33-22-27-21-32(26-8-4-9-28(36)19-26)30-11-2-3-12-31(30)34(27)42-33/h2-5,7-12,19-22,24H,6,13-18H2,1H3,(H,37,41)(H,38,40). The van der Waals surface area contributed by atoms with E-state index in [4.69, 9.17) is 16.0 Å². The molecule has 2 heterocycles. The Bertz CT molecular complexity index is 1750. The molecule has 0 bridgehead atoms. The summed E-state index contributed by atoms with van der Waals surface area (Å²) in [7, 11) is 0. The highest BCUT2D eigenvalue weighted by molar-refractivity contribution is 6.31. The smallest absolute Gasteiger partial charge is 0.287 e. The predicted molar refractivity (Wildman–Crippen MR) is 170 cm³/mol. The Kier molecular flexibility index (Phi) is 8.27. The van der Waals surface area contributed by atoms with Crippen LogP contribution in [0.3, 0.4) is 0 Å². The van der Waals surface area contributed by atoms with Crippen LogP contribution in [0.15, 0.2) is 89.3 Å². The number of nitrogens with zero attached hydrogens (tertiary/aromatic N) is 1. The highest BCUT2D eigenvalue weighted by Gasteiger charge is 2.21. The highest BCUT2D eigenvalue weighted by atomic mass is 35.5. The van der Waals surface area contributed by atoms with Crippen LogP contribution in [-0.2, 0) is 4.79 Å². The van der Waals surface area contributed by atoms with Gasteiger partial charge in [-0.3, -0.25) is 9.59 Å². The molecule has 4 aromatic carbocycles. The molecule has 0 saturated carbocycles. The number of carbonyl (C=O) groups is 2. The van der Waals surface area contributed by atoms with E-state index >= 15 is 0 Å². The molecule has 6 nitrogen and oxygen atoms in total. The summed E-state index contributed by atoms with van der Waals surface area (Å²) in [5.74, 6) is 0.571. The van der Waals surface area contributed by atoms with Gasteiger partial charge >= 0.3 is 0 Å². The number of piperidine rings is 1. The van der Waals surface area contributed by atoms with E-state index in [1.807, 2.05) is 60.7 Å². The Balaban J connectivity index is 1.05. The summed E-state index contributed by atoms with van der Waals surface area (Å²) in [5, 5.41) is 9.52. The van der Waals surface area contributed by atoms with Crippen LogP contribution < -0.4 is 10.6 Å². The maximum absolute atomic E-state index is 13.0. The normalized spacial score (nSPS) is 14.3. The van der Waals surface area contributed by atoms with E-state index in [0.717, 1.165) is 71.9 Å². The van der Waals surface area contributed by atoms with Gasteiger partial charge in [-0.1, -0.05) is 60.1 Å². The molecule has 2 N–H and O–H groups in total. The van der Waals surface area contributed by atoms with E-state index in [1.165, 1.54) is 12.5 Å². The summed E-state index contributed by atoms with van der Waals surface area (Å²) >= 11 is 6.28. The number of likely N-dealkylation sites (tertiary alicyclic amines) is 1. The topological polar surface area (TPSA) is 74.6 Å². The van der Waals surface area contributed by atoms with Crippen molar-refractivity contribution in [1.82, 2.24) is 10.2 Å². The molecule has 214 valence electrons. The largest absolute Gasteiger partial charge is 0.450 e. The summed E-state index contributed by atoms with van der Waals surface area (Å²) in [6.45, 7) is 5.10. The SMILES string of the molecule is CC(=O)Nc1cccc(C2CCN(CCCNC(=O)c3cc4cc(-c5cccc(Cl)c5)c5ccccc5c4o3)CC2)c1. The van der Waals surface area contributed by atoms with Crippen molar-refractivity contribution in [2.24, 2.45) is 0 Å². The van der Waals surface area contributed by atoms with E-state index in [2.05, 4.69) is 39.8 Å². The molecule has 42 heavy (non-hydrogen) atoms. The quantitative estimate of drug-likeness (QED) is 0.183. The van der Waals surface area contributed by atoms with E-state index in [9.17, 15) is 9.59 Å². The number of amides is 2.